The number of pyridine rings is 1. The zero-order valence-electron chi connectivity index (χ0n) is 18.4. The number of hydrogen-bond donors (Lipinski definition) is 1. The molecular formula is C25H13F2N5O3S. The molecule has 0 unspecified atom stereocenters. The second-order valence-electron chi connectivity index (χ2n) is 7.80. The molecule has 0 saturated heterocycles. The van der Waals surface area contributed by atoms with Gasteiger partial charge in [-0.2, -0.15) is 10.4 Å². The molecule has 2 aromatic carbocycles. The van der Waals surface area contributed by atoms with Crippen LogP contribution in [0.3, 0.4) is 0 Å². The van der Waals surface area contributed by atoms with Gasteiger partial charge in [0.2, 0.25) is 0 Å². The van der Waals surface area contributed by atoms with Gasteiger partial charge in [-0.05, 0) is 42.3 Å². The standard InChI is InChI=1S/C25H13F2N5O3S/c1-36(34,35)22-7-4-14(12-28)9-17(22)19-11-21(33)24-20(31-19)10-18(26)16(25(24)27)6-5-15-13-29-23-3-2-8-30-32(15)23/h2-4,7-11,13H,1H3,(H,31,33). The Hall–Kier alpha value is -4.87. The molecule has 0 saturated carbocycles. The maximum Gasteiger partial charge on any atom is 0.193 e. The molecule has 5 aromatic rings. The lowest BCUT2D eigenvalue weighted by atomic mass is 10.0. The number of hydrogen-bond acceptors (Lipinski definition) is 6. The summed E-state index contributed by atoms with van der Waals surface area (Å²) in [7, 11) is -3.75. The first-order chi connectivity index (χ1) is 17.2. The number of nitrogens with one attached hydrogen (secondary N) is 1. The smallest absolute Gasteiger partial charge is 0.193 e. The number of aromatic nitrogens is 4. The van der Waals surface area contributed by atoms with Crippen LogP contribution in [0.2, 0.25) is 0 Å². The highest BCUT2D eigenvalue weighted by molar-refractivity contribution is 7.90. The van der Waals surface area contributed by atoms with Gasteiger partial charge in [0.25, 0.3) is 0 Å². The Labute approximate surface area is 202 Å². The highest BCUT2D eigenvalue weighted by Crippen LogP contribution is 2.29. The maximum absolute atomic E-state index is 15.3. The van der Waals surface area contributed by atoms with E-state index in [2.05, 4.69) is 26.9 Å². The van der Waals surface area contributed by atoms with Crippen LogP contribution < -0.4 is 5.43 Å². The number of H-pyrrole nitrogens is 1. The van der Waals surface area contributed by atoms with E-state index in [1.54, 1.807) is 12.1 Å². The molecule has 0 fully saturated rings. The summed E-state index contributed by atoms with van der Waals surface area (Å²) in [5.74, 6) is 2.84. The summed E-state index contributed by atoms with van der Waals surface area (Å²) < 4.78 is 56.2. The molecule has 3 heterocycles. The van der Waals surface area contributed by atoms with E-state index in [0.717, 1.165) is 18.4 Å². The van der Waals surface area contributed by atoms with Gasteiger partial charge in [0.15, 0.2) is 26.7 Å². The Morgan fingerprint density at radius 1 is 1.11 bits per heavy atom. The minimum absolute atomic E-state index is 0.0144. The van der Waals surface area contributed by atoms with Crippen molar-refractivity contribution in [2.75, 3.05) is 6.26 Å². The Balaban J connectivity index is 1.69. The Kier molecular flexibility index (Phi) is 5.35. The molecular weight excluding hydrogens is 488 g/mol. The summed E-state index contributed by atoms with van der Waals surface area (Å²) in [5.41, 5.74) is -0.689. The van der Waals surface area contributed by atoms with Crippen molar-refractivity contribution in [2.45, 2.75) is 4.90 Å². The van der Waals surface area contributed by atoms with Gasteiger partial charge >= 0.3 is 0 Å². The number of nitrogens with zero attached hydrogens (tertiary/aromatic N) is 4. The van der Waals surface area contributed by atoms with Crippen LogP contribution in [0.5, 0.6) is 0 Å². The third kappa shape index (κ3) is 3.87. The summed E-state index contributed by atoms with van der Waals surface area (Å²) in [6, 6.07) is 11.0. The van der Waals surface area contributed by atoms with E-state index in [9.17, 15) is 22.9 Å². The lowest BCUT2D eigenvalue weighted by Crippen LogP contribution is -2.09. The zero-order chi connectivity index (χ0) is 25.6. The molecule has 176 valence electrons. The topological polar surface area (TPSA) is 121 Å². The molecule has 5 rings (SSSR count). The van der Waals surface area contributed by atoms with Gasteiger partial charge in [-0.1, -0.05) is 5.92 Å². The van der Waals surface area contributed by atoms with E-state index in [-0.39, 0.29) is 27.2 Å². The zero-order valence-corrected chi connectivity index (χ0v) is 19.2. The van der Waals surface area contributed by atoms with Crippen LogP contribution >= 0.6 is 0 Å². The fourth-order valence-corrected chi connectivity index (χ4v) is 4.66. The SMILES string of the molecule is CS(=O)(=O)c1ccc(C#N)cc1-c1cc(=O)c2c(F)c(C#Cc3cnc4cccnn34)c(F)cc2[nH]1. The van der Waals surface area contributed by atoms with Gasteiger partial charge in [-0.15, -0.1) is 0 Å². The van der Waals surface area contributed by atoms with Crippen LogP contribution in [-0.2, 0) is 9.84 Å². The number of halogens is 2. The first-order valence-electron chi connectivity index (χ1n) is 10.3. The Morgan fingerprint density at radius 2 is 1.92 bits per heavy atom. The largest absolute Gasteiger partial charge is 0.354 e. The van der Waals surface area contributed by atoms with Crippen molar-refractivity contribution in [2.24, 2.45) is 0 Å². The minimum Gasteiger partial charge on any atom is -0.354 e. The molecule has 11 heteroatoms. The van der Waals surface area contributed by atoms with E-state index in [4.69, 9.17) is 0 Å². The van der Waals surface area contributed by atoms with Gasteiger partial charge in [0.1, 0.15) is 11.5 Å². The van der Waals surface area contributed by atoms with Gasteiger partial charge in [0, 0.05) is 24.1 Å². The predicted molar refractivity (Wildman–Crippen MR) is 127 cm³/mol. The van der Waals surface area contributed by atoms with Crippen LogP contribution in [0, 0.1) is 34.8 Å². The quantitative estimate of drug-likeness (QED) is 0.371. The molecule has 3 aromatic heterocycles. The van der Waals surface area contributed by atoms with Gasteiger partial charge < -0.3 is 4.98 Å². The van der Waals surface area contributed by atoms with Crippen molar-refractivity contribution in [1.29, 1.82) is 5.26 Å². The third-order valence-electron chi connectivity index (χ3n) is 5.40. The van der Waals surface area contributed by atoms with Gasteiger partial charge in [0.05, 0.1) is 44.9 Å². The first kappa shape index (κ1) is 22.9. The number of imidazole rings is 1. The Morgan fingerprint density at radius 3 is 2.67 bits per heavy atom. The van der Waals surface area contributed by atoms with Crippen LogP contribution in [0.25, 0.3) is 27.8 Å². The summed E-state index contributed by atoms with van der Waals surface area (Å²) in [4.78, 5) is 19.6. The Bertz CT molecular complexity index is 1990. The number of nitriles is 1. The van der Waals surface area contributed by atoms with Crippen molar-refractivity contribution in [3.63, 3.8) is 0 Å². The van der Waals surface area contributed by atoms with E-state index < -0.39 is 37.9 Å². The minimum atomic E-state index is -3.75. The summed E-state index contributed by atoms with van der Waals surface area (Å²) in [6.07, 6.45) is 3.89. The van der Waals surface area contributed by atoms with Crippen LogP contribution in [0.1, 0.15) is 16.8 Å². The summed E-state index contributed by atoms with van der Waals surface area (Å²) >= 11 is 0. The highest BCUT2D eigenvalue weighted by atomic mass is 32.2. The molecule has 0 bridgehead atoms. The molecule has 0 spiro atoms. The lowest BCUT2D eigenvalue weighted by molar-refractivity contribution is 0.585. The van der Waals surface area contributed by atoms with E-state index in [1.807, 2.05) is 6.07 Å². The van der Waals surface area contributed by atoms with Crippen molar-refractivity contribution in [3.8, 4) is 29.2 Å². The first-order valence-corrected chi connectivity index (χ1v) is 12.2. The average molecular weight is 501 g/mol. The van der Waals surface area contributed by atoms with Gasteiger partial charge in [-0.3, -0.25) is 4.79 Å². The van der Waals surface area contributed by atoms with Gasteiger partial charge in [-0.25, -0.2) is 26.7 Å². The molecule has 0 aliphatic rings. The second kappa shape index (κ2) is 8.41. The van der Waals surface area contributed by atoms with E-state index >= 15 is 4.39 Å². The molecule has 36 heavy (non-hydrogen) atoms. The number of aromatic amines is 1. The van der Waals surface area contributed by atoms with Crippen LogP contribution in [0.4, 0.5) is 8.78 Å². The third-order valence-corrected chi connectivity index (χ3v) is 6.56. The number of sulfone groups is 1. The molecule has 0 radical (unpaired) electrons. The fourth-order valence-electron chi connectivity index (χ4n) is 3.78. The highest BCUT2D eigenvalue weighted by Gasteiger charge is 2.20. The van der Waals surface area contributed by atoms with E-state index in [0.29, 0.717) is 11.3 Å². The number of benzene rings is 2. The lowest BCUT2D eigenvalue weighted by Gasteiger charge is -2.11. The van der Waals surface area contributed by atoms with Crippen molar-refractivity contribution in [3.05, 3.63) is 93.5 Å². The van der Waals surface area contributed by atoms with Crippen LogP contribution in [0.15, 0.2) is 64.5 Å². The predicted octanol–water partition coefficient (Wildman–Crippen LogP) is 3.19. The van der Waals surface area contributed by atoms with Crippen molar-refractivity contribution in [1.82, 2.24) is 19.6 Å². The monoisotopic (exact) mass is 501 g/mol. The molecule has 0 aliphatic carbocycles. The summed E-state index contributed by atoms with van der Waals surface area (Å²) in [6.45, 7) is 0. The summed E-state index contributed by atoms with van der Waals surface area (Å²) in [5, 5.41) is 12.9. The fraction of sp³-hybridized carbons (Fsp3) is 0.0400. The number of fused-ring (bicyclic) bond motifs is 2. The molecule has 0 aliphatic heterocycles. The molecule has 0 amide bonds. The maximum atomic E-state index is 15.3. The second-order valence-corrected chi connectivity index (χ2v) is 9.78. The molecule has 8 nitrogen and oxygen atoms in total. The van der Waals surface area contributed by atoms with Crippen molar-refractivity contribution < 1.29 is 17.2 Å². The average Bonchev–Trinajstić information content (AvgIpc) is 3.25. The normalized spacial score (nSPS) is 11.3. The van der Waals surface area contributed by atoms with Crippen molar-refractivity contribution >= 4 is 26.4 Å². The van der Waals surface area contributed by atoms with E-state index in [1.165, 1.54) is 35.1 Å². The number of rotatable bonds is 2. The molecule has 1 N–H and O–H groups in total. The molecule has 0 atom stereocenters. The van der Waals surface area contributed by atoms with Crippen LogP contribution in [-0.4, -0.2) is 34.3 Å².